The van der Waals surface area contributed by atoms with E-state index in [0.29, 0.717) is 17.7 Å². The number of aliphatic carboxylic acids is 1. The number of carboxylic acids is 1. The van der Waals surface area contributed by atoms with Crippen LogP contribution in [-0.2, 0) is 28.6 Å². The van der Waals surface area contributed by atoms with Gasteiger partial charge in [0.15, 0.2) is 6.61 Å². The second kappa shape index (κ2) is 13.3. The van der Waals surface area contributed by atoms with Gasteiger partial charge in [-0.05, 0) is 49.1 Å². The Kier molecular flexibility index (Phi) is 11.1. The van der Waals surface area contributed by atoms with Gasteiger partial charge >= 0.3 is 12.1 Å². The highest BCUT2D eigenvalue weighted by Crippen LogP contribution is 2.29. The number of ether oxygens (including phenoxy) is 1. The van der Waals surface area contributed by atoms with E-state index in [4.69, 9.17) is 14.9 Å². The lowest BCUT2D eigenvalue weighted by Gasteiger charge is -2.10. The zero-order valence-corrected chi connectivity index (χ0v) is 17.1. The largest absolute Gasteiger partial charge is 0.484 e. The van der Waals surface area contributed by atoms with E-state index in [-0.39, 0.29) is 38.5 Å². The van der Waals surface area contributed by atoms with Crippen LogP contribution in [0.15, 0.2) is 48.5 Å². The number of halogens is 3. The van der Waals surface area contributed by atoms with Crippen molar-refractivity contribution in [2.75, 3.05) is 19.8 Å². The minimum Gasteiger partial charge on any atom is -0.484 e. The van der Waals surface area contributed by atoms with Gasteiger partial charge in [-0.15, -0.1) is 0 Å². The summed E-state index contributed by atoms with van der Waals surface area (Å²) in [7, 11) is 0. The molecule has 2 aromatic rings. The molecule has 0 radical (unpaired) electrons. The predicted octanol–water partition coefficient (Wildman–Crippen LogP) is 3.46. The van der Waals surface area contributed by atoms with Crippen LogP contribution in [0.5, 0.6) is 5.75 Å². The zero-order valence-electron chi connectivity index (χ0n) is 17.1. The van der Waals surface area contributed by atoms with E-state index in [2.05, 4.69) is 5.32 Å². The van der Waals surface area contributed by atoms with Crippen molar-refractivity contribution < 1.29 is 37.7 Å². The smallest absolute Gasteiger partial charge is 0.416 e. The third kappa shape index (κ3) is 11.0. The molecule has 0 aromatic heterocycles. The van der Waals surface area contributed by atoms with Crippen LogP contribution >= 0.6 is 0 Å². The van der Waals surface area contributed by atoms with Crippen LogP contribution in [0.25, 0.3) is 0 Å². The summed E-state index contributed by atoms with van der Waals surface area (Å²) in [5.41, 5.74) is 0.611. The van der Waals surface area contributed by atoms with Gasteiger partial charge in [-0.3, -0.25) is 9.59 Å². The summed E-state index contributed by atoms with van der Waals surface area (Å²) in [6.45, 7) is 1.90. The molecule has 31 heavy (non-hydrogen) atoms. The van der Waals surface area contributed by atoms with Crippen LogP contribution in [0.4, 0.5) is 13.2 Å². The lowest BCUT2D eigenvalue weighted by atomic mass is 10.1. The Morgan fingerprint density at radius 1 is 1.03 bits per heavy atom. The maximum Gasteiger partial charge on any atom is 0.416 e. The number of hydrogen-bond acceptors (Lipinski definition) is 4. The zero-order chi connectivity index (χ0) is 23.3. The van der Waals surface area contributed by atoms with Crippen molar-refractivity contribution in [1.82, 2.24) is 5.32 Å². The molecule has 6 nitrogen and oxygen atoms in total. The van der Waals surface area contributed by atoms with Gasteiger partial charge in [0.25, 0.3) is 5.91 Å². The molecule has 2 rings (SSSR count). The maximum atomic E-state index is 12.7. The van der Waals surface area contributed by atoms with Gasteiger partial charge in [-0.25, -0.2) is 0 Å². The second-order valence-electron chi connectivity index (χ2n) is 6.44. The second-order valence-corrected chi connectivity index (χ2v) is 6.44. The summed E-state index contributed by atoms with van der Waals surface area (Å²) < 4.78 is 43.4. The molecule has 0 atom stereocenters. The number of carbonyl (C=O) groups is 2. The molecule has 0 bridgehead atoms. The van der Waals surface area contributed by atoms with Crippen molar-refractivity contribution in [3.8, 4) is 5.75 Å². The molecule has 170 valence electrons. The summed E-state index contributed by atoms with van der Waals surface area (Å²) >= 11 is 0. The van der Waals surface area contributed by atoms with Crippen molar-refractivity contribution in [2.45, 2.75) is 32.4 Å². The number of hydrogen-bond donors (Lipinski definition) is 3. The highest BCUT2D eigenvalue weighted by molar-refractivity contribution is 5.77. The Bertz CT molecular complexity index is 823. The minimum atomic E-state index is -4.39. The molecular formula is C22H26F3NO5. The first kappa shape index (κ1) is 26.0. The van der Waals surface area contributed by atoms with E-state index in [1.165, 1.54) is 6.07 Å². The van der Waals surface area contributed by atoms with Crippen LogP contribution in [-0.4, -0.2) is 41.8 Å². The molecule has 1 amide bonds. The molecule has 0 saturated heterocycles. The van der Waals surface area contributed by atoms with Gasteiger partial charge in [0.05, 0.1) is 5.56 Å². The van der Waals surface area contributed by atoms with Crippen LogP contribution in [0, 0.1) is 0 Å². The van der Waals surface area contributed by atoms with Gasteiger partial charge < -0.3 is 20.3 Å². The monoisotopic (exact) mass is 441 g/mol. The van der Waals surface area contributed by atoms with Crippen LogP contribution < -0.4 is 10.1 Å². The molecule has 0 fully saturated rings. The number of rotatable bonds is 9. The summed E-state index contributed by atoms with van der Waals surface area (Å²) in [4.78, 5) is 22.3. The van der Waals surface area contributed by atoms with E-state index >= 15 is 0 Å². The number of carboxylic acid groups (broad SMARTS) is 1. The maximum absolute atomic E-state index is 12.7. The van der Waals surface area contributed by atoms with Gasteiger partial charge in [-0.1, -0.05) is 30.3 Å². The summed E-state index contributed by atoms with van der Waals surface area (Å²) in [6, 6.07) is 11.7. The molecule has 0 aliphatic rings. The molecule has 0 unspecified atom stereocenters. The van der Waals surface area contributed by atoms with E-state index in [9.17, 15) is 22.8 Å². The number of amides is 1. The Hall–Kier alpha value is -3.07. The standard InChI is InChI=1S/C20H20F3NO4.C2H6O/c21-20(22,23)16-3-1-2-15(12-16)10-11-24-18(25)13-28-17-7-4-14(5-8-17)6-9-19(26)27;1-2-3/h1-5,7-8,12H,6,9-11,13H2,(H,24,25)(H,26,27);3H,2H2,1H3. The topological polar surface area (TPSA) is 95.9 Å². The lowest BCUT2D eigenvalue weighted by Crippen LogP contribution is -2.30. The highest BCUT2D eigenvalue weighted by Gasteiger charge is 2.30. The Morgan fingerprint density at radius 3 is 2.26 bits per heavy atom. The van der Waals surface area contributed by atoms with E-state index in [1.54, 1.807) is 37.3 Å². The third-order valence-electron chi connectivity index (χ3n) is 3.91. The fourth-order valence-corrected chi connectivity index (χ4v) is 2.45. The summed E-state index contributed by atoms with van der Waals surface area (Å²) in [5.74, 6) is -0.795. The minimum absolute atomic E-state index is 0.0362. The first-order chi connectivity index (χ1) is 14.7. The molecule has 0 saturated carbocycles. The van der Waals surface area contributed by atoms with E-state index < -0.39 is 17.7 Å². The number of carbonyl (C=O) groups excluding carboxylic acids is 1. The molecule has 0 aliphatic carbocycles. The lowest BCUT2D eigenvalue weighted by molar-refractivity contribution is -0.138. The first-order valence-corrected chi connectivity index (χ1v) is 9.63. The fraction of sp³-hybridized carbons (Fsp3) is 0.364. The van der Waals surface area contributed by atoms with Crippen molar-refractivity contribution >= 4 is 11.9 Å². The number of alkyl halides is 3. The van der Waals surface area contributed by atoms with E-state index in [0.717, 1.165) is 17.7 Å². The molecular weight excluding hydrogens is 415 g/mol. The average molecular weight is 441 g/mol. The van der Waals surface area contributed by atoms with E-state index in [1.807, 2.05) is 0 Å². The Labute approximate surface area is 178 Å². The number of aryl methyl sites for hydroxylation is 1. The third-order valence-corrected chi connectivity index (χ3v) is 3.91. The molecule has 3 N–H and O–H groups in total. The van der Waals surface area contributed by atoms with Crippen molar-refractivity contribution in [3.05, 3.63) is 65.2 Å². The predicted molar refractivity (Wildman–Crippen MR) is 109 cm³/mol. The molecule has 0 heterocycles. The van der Waals surface area contributed by atoms with Crippen LogP contribution in [0.3, 0.4) is 0 Å². The number of nitrogens with one attached hydrogen (secondary N) is 1. The number of aliphatic hydroxyl groups excluding tert-OH is 1. The van der Waals surface area contributed by atoms with Gasteiger partial charge in [0, 0.05) is 19.6 Å². The van der Waals surface area contributed by atoms with Crippen molar-refractivity contribution in [2.24, 2.45) is 0 Å². The quantitative estimate of drug-likeness (QED) is 0.554. The average Bonchev–Trinajstić information content (AvgIpc) is 2.72. The Morgan fingerprint density at radius 2 is 1.68 bits per heavy atom. The highest BCUT2D eigenvalue weighted by atomic mass is 19.4. The summed E-state index contributed by atoms with van der Waals surface area (Å²) in [5, 5.41) is 18.8. The van der Waals surface area contributed by atoms with Crippen LogP contribution in [0.1, 0.15) is 30.0 Å². The Balaban J connectivity index is 0.00000151. The normalized spacial score (nSPS) is 10.6. The van der Waals surface area contributed by atoms with Gasteiger partial charge in [-0.2, -0.15) is 13.2 Å². The number of aliphatic hydroxyl groups is 1. The van der Waals surface area contributed by atoms with Gasteiger partial charge in [0.1, 0.15) is 5.75 Å². The van der Waals surface area contributed by atoms with Crippen LogP contribution in [0.2, 0.25) is 0 Å². The molecule has 0 spiro atoms. The fourth-order valence-electron chi connectivity index (χ4n) is 2.45. The van der Waals surface area contributed by atoms with Gasteiger partial charge in [0.2, 0.25) is 0 Å². The first-order valence-electron chi connectivity index (χ1n) is 9.63. The SMILES string of the molecule is CCO.O=C(O)CCc1ccc(OCC(=O)NCCc2cccc(C(F)(F)F)c2)cc1. The molecule has 0 aliphatic heterocycles. The summed E-state index contributed by atoms with van der Waals surface area (Å²) in [6.07, 6.45) is -3.68. The molecule has 9 heteroatoms. The number of benzene rings is 2. The van der Waals surface area contributed by atoms with Crippen molar-refractivity contribution in [1.29, 1.82) is 0 Å². The molecule has 2 aromatic carbocycles. The van der Waals surface area contributed by atoms with Crippen molar-refractivity contribution in [3.63, 3.8) is 0 Å².